The molecule has 1 heterocycles. The number of hydrogen-bond donors (Lipinski definition) is 2. The van der Waals surface area contributed by atoms with Crippen molar-refractivity contribution in [1.82, 2.24) is 15.1 Å². The fourth-order valence-electron chi connectivity index (χ4n) is 2.24. The van der Waals surface area contributed by atoms with Crippen LogP contribution in [0.1, 0.15) is 32.2 Å². The van der Waals surface area contributed by atoms with Gasteiger partial charge in [0.2, 0.25) is 0 Å². The van der Waals surface area contributed by atoms with Gasteiger partial charge in [0.25, 0.3) is 0 Å². The number of hydrogen-bond acceptors (Lipinski definition) is 5. The number of halogens is 1. The van der Waals surface area contributed by atoms with E-state index in [9.17, 15) is 14.3 Å². The average molecular weight is 381 g/mol. The highest BCUT2D eigenvalue weighted by atomic mass is 32.2. The Morgan fingerprint density at radius 2 is 2.00 bits per heavy atom. The molecule has 8 heteroatoms. The molecule has 0 unspecified atom stereocenters. The van der Waals surface area contributed by atoms with Crippen LogP contribution in [0.5, 0.6) is 0 Å². The number of amides is 1. The number of aliphatic hydroxyl groups is 1. The van der Waals surface area contributed by atoms with Crippen LogP contribution in [-0.4, -0.2) is 33.1 Å². The second kappa shape index (κ2) is 8.55. The Morgan fingerprint density at radius 1 is 1.35 bits per heavy atom. The lowest BCUT2D eigenvalue weighted by Gasteiger charge is -2.19. The minimum Gasteiger partial charge on any atom is -0.444 e. The van der Waals surface area contributed by atoms with E-state index in [2.05, 4.69) is 10.4 Å². The molecule has 0 radical (unpaired) electrons. The zero-order chi connectivity index (χ0) is 19.3. The molecule has 0 bridgehead atoms. The van der Waals surface area contributed by atoms with Gasteiger partial charge in [0, 0.05) is 17.1 Å². The van der Waals surface area contributed by atoms with Crippen LogP contribution in [0.25, 0.3) is 0 Å². The van der Waals surface area contributed by atoms with Gasteiger partial charge in [-0.15, -0.1) is 0 Å². The van der Waals surface area contributed by atoms with Crippen molar-refractivity contribution in [3.63, 3.8) is 0 Å². The van der Waals surface area contributed by atoms with E-state index in [-0.39, 0.29) is 12.4 Å². The Bertz CT molecular complexity index is 754. The van der Waals surface area contributed by atoms with Crippen molar-refractivity contribution in [3.8, 4) is 0 Å². The molecule has 2 rings (SSSR count). The van der Waals surface area contributed by atoms with Crippen molar-refractivity contribution in [3.05, 3.63) is 41.5 Å². The van der Waals surface area contributed by atoms with Gasteiger partial charge in [-0.2, -0.15) is 5.10 Å². The number of carbonyl (C=O) groups excluding carboxylic acids is 1. The summed E-state index contributed by atoms with van der Waals surface area (Å²) in [7, 11) is 0. The Hall–Kier alpha value is -2.06. The van der Waals surface area contributed by atoms with E-state index < -0.39 is 11.7 Å². The third-order valence-corrected chi connectivity index (χ3v) is 4.64. The summed E-state index contributed by atoms with van der Waals surface area (Å²) in [6.45, 7) is 7.90. The maximum atomic E-state index is 13.1. The van der Waals surface area contributed by atoms with Gasteiger partial charge in [0.1, 0.15) is 17.1 Å². The monoisotopic (exact) mass is 381 g/mol. The highest BCUT2D eigenvalue weighted by molar-refractivity contribution is 7.99. The maximum absolute atomic E-state index is 13.1. The van der Waals surface area contributed by atoms with Crippen molar-refractivity contribution < 1.29 is 19.0 Å². The van der Waals surface area contributed by atoms with Gasteiger partial charge >= 0.3 is 6.09 Å². The summed E-state index contributed by atoms with van der Waals surface area (Å²) in [5.41, 5.74) is 0.873. The first-order valence-electron chi connectivity index (χ1n) is 8.27. The number of carbonyl (C=O) groups is 1. The topological polar surface area (TPSA) is 76.4 Å². The molecule has 2 N–H and O–H groups in total. The molecule has 0 aliphatic rings. The Labute approximate surface area is 156 Å². The molecule has 0 fully saturated rings. The van der Waals surface area contributed by atoms with Crippen LogP contribution in [-0.2, 0) is 17.9 Å². The molecule has 1 amide bonds. The molecule has 2 aromatic rings. The fraction of sp³-hybridized carbons (Fsp3) is 0.444. The summed E-state index contributed by atoms with van der Waals surface area (Å²) < 4.78 is 20.0. The number of aromatic nitrogens is 2. The molecule has 1 aromatic carbocycles. The van der Waals surface area contributed by atoms with E-state index in [0.717, 1.165) is 15.5 Å². The van der Waals surface area contributed by atoms with E-state index in [1.54, 1.807) is 37.6 Å². The summed E-state index contributed by atoms with van der Waals surface area (Å²) in [4.78, 5) is 13.4. The van der Waals surface area contributed by atoms with Crippen LogP contribution in [0, 0.1) is 12.7 Å². The maximum Gasteiger partial charge on any atom is 0.407 e. The number of aliphatic hydroxyl groups excluding tert-OH is 1. The molecule has 6 nitrogen and oxygen atoms in total. The smallest absolute Gasteiger partial charge is 0.407 e. The van der Waals surface area contributed by atoms with Gasteiger partial charge in [-0.3, -0.25) is 4.68 Å². The molecule has 26 heavy (non-hydrogen) atoms. The van der Waals surface area contributed by atoms with Gasteiger partial charge in [-0.05, 0) is 52.0 Å². The number of nitrogens with one attached hydrogen (secondary N) is 1. The van der Waals surface area contributed by atoms with Gasteiger partial charge < -0.3 is 15.2 Å². The minimum atomic E-state index is -0.547. The quantitative estimate of drug-likeness (QED) is 0.801. The second-order valence-corrected chi connectivity index (χ2v) is 7.81. The first-order valence-corrected chi connectivity index (χ1v) is 9.08. The van der Waals surface area contributed by atoms with Crippen LogP contribution in [0.15, 0.2) is 34.1 Å². The van der Waals surface area contributed by atoms with Crippen LogP contribution in [0.4, 0.5) is 9.18 Å². The first-order chi connectivity index (χ1) is 12.2. The van der Waals surface area contributed by atoms with E-state index in [4.69, 9.17) is 4.74 Å². The Kier molecular flexibility index (Phi) is 6.66. The lowest BCUT2D eigenvalue weighted by molar-refractivity contribution is 0.0525. The third-order valence-electron chi connectivity index (χ3n) is 3.39. The van der Waals surface area contributed by atoms with Gasteiger partial charge in [-0.1, -0.05) is 11.8 Å². The van der Waals surface area contributed by atoms with E-state index in [1.807, 2.05) is 6.92 Å². The normalized spacial score (nSPS) is 11.5. The van der Waals surface area contributed by atoms with Crippen molar-refractivity contribution >= 4 is 17.9 Å². The molecule has 142 valence electrons. The summed E-state index contributed by atoms with van der Waals surface area (Å²) in [5, 5.41) is 16.7. The predicted molar refractivity (Wildman–Crippen MR) is 97.6 cm³/mol. The van der Waals surface area contributed by atoms with Gasteiger partial charge in [-0.25, -0.2) is 9.18 Å². The van der Waals surface area contributed by atoms with E-state index >= 15 is 0 Å². The third kappa shape index (κ3) is 5.74. The molecule has 0 aliphatic heterocycles. The second-order valence-electron chi connectivity index (χ2n) is 6.73. The lowest BCUT2D eigenvalue weighted by atomic mass is 10.2. The average Bonchev–Trinajstić information content (AvgIpc) is 2.84. The molecule has 0 saturated heterocycles. The number of alkyl carbamates (subject to hydrolysis) is 1. The zero-order valence-corrected chi connectivity index (χ0v) is 16.2. The van der Waals surface area contributed by atoms with Crippen LogP contribution in [0.3, 0.4) is 0 Å². The van der Waals surface area contributed by atoms with Crippen LogP contribution < -0.4 is 5.32 Å². The molecule has 0 saturated carbocycles. The molecule has 0 aliphatic carbocycles. The molecule has 0 spiro atoms. The number of ether oxygens (including phenoxy) is 1. The Morgan fingerprint density at radius 3 is 2.58 bits per heavy atom. The zero-order valence-electron chi connectivity index (χ0n) is 15.4. The van der Waals surface area contributed by atoms with Crippen molar-refractivity contribution in [2.75, 3.05) is 6.54 Å². The van der Waals surface area contributed by atoms with Gasteiger partial charge in [0.05, 0.1) is 18.0 Å². The van der Waals surface area contributed by atoms with E-state index in [1.165, 1.54) is 23.9 Å². The molecular weight excluding hydrogens is 357 g/mol. The van der Waals surface area contributed by atoms with Crippen LogP contribution in [0.2, 0.25) is 0 Å². The SMILES string of the molecule is Cc1c(Sc2ccc(F)cc2)c(CO)nn1CCNC(=O)OC(C)(C)C. The summed E-state index contributed by atoms with van der Waals surface area (Å²) in [6.07, 6.45) is -0.481. The predicted octanol–water partition coefficient (Wildman–Crippen LogP) is 3.50. The summed E-state index contributed by atoms with van der Waals surface area (Å²) in [6, 6.07) is 6.15. The largest absolute Gasteiger partial charge is 0.444 e. The minimum absolute atomic E-state index is 0.198. The summed E-state index contributed by atoms with van der Waals surface area (Å²) in [5.74, 6) is -0.294. The highest BCUT2D eigenvalue weighted by Crippen LogP contribution is 2.33. The fourth-order valence-corrected chi connectivity index (χ4v) is 3.23. The number of nitrogens with zero attached hydrogens (tertiary/aromatic N) is 2. The lowest BCUT2D eigenvalue weighted by Crippen LogP contribution is -2.34. The van der Waals surface area contributed by atoms with E-state index in [0.29, 0.717) is 18.8 Å². The number of rotatable bonds is 6. The highest BCUT2D eigenvalue weighted by Gasteiger charge is 2.17. The molecular formula is C18H24FN3O3S. The van der Waals surface area contributed by atoms with Crippen molar-refractivity contribution in [1.29, 1.82) is 0 Å². The Balaban J connectivity index is 2.03. The molecule has 0 atom stereocenters. The first kappa shape index (κ1) is 20.3. The summed E-state index contributed by atoms with van der Waals surface area (Å²) >= 11 is 1.42. The number of benzene rings is 1. The van der Waals surface area contributed by atoms with Crippen molar-refractivity contribution in [2.24, 2.45) is 0 Å². The standard InChI is InChI=1S/C18H24FN3O3S/c1-12-16(26-14-7-5-13(19)6-8-14)15(11-23)21-22(12)10-9-20-17(24)25-18(2,3)4/h5-8,23H,9-11H2,1-4H3,(H,20,24). The van der Waals surface area contributed by atoms with Gasteiger partial charge in [0.15, 0.2) is 0 Å². The van der Waals surface area contributed by atoms with Crippen LogP contribution >= 0.6 is 11.8 Å². The van der Waals surface area contributed by atoms with Crippen molar-refractivity contribution in [2.45, 2.75) is 56.2 Å². The molecule has 1 aromatic heterocycles.